The van der Waals surface area contributed by atoms with E-state index in [4.69, 9.17) is 9.47 Å². The number of rotatable bonds is 8. The van der Waals surface area contributed by atoms with Crippen molar-refractivity contribution in [2.45, 2.75) is 26.4 Å². The molecular weight excluding hydrogens is 335 g/mol. The predicted molar refractivity (Wildman–Crippen MR) is 100 cm³/mol. The highest BCUT2D eigenvalue weighted by Crippen LogP contribution is 2.23. The molecule has 0 amide bonds. The molecular formula is C19H25FN4O2. The van der Waals surface area contributed by atoms with Gasteiger partial charge in [0.2, 0.25) is 5.88 Å². The molecule has 1 unspecified atom stereocenters. The summed E-state index contributed by atoms with van der Waals surface area (Å²) in [5.74, 6) is 1.12. The molecule has 0 saturated carbocycles. The Morgan fingerprint density at radius 1 is 1.31 bits per heavy atom. The zero-order valence-corrected chi connectivity index (χ0v) is 15.3. The molecule has 0 saturated heterocycles. The average Bonchev–Trinajstić information content (AvgIpc) is 2.61. The van der Waals surface area contributed by atoms with Gasteiger partial charge >= 0.3 is 0 Å². The van der Waals surface area contributed by atoms with Crippen LogP contribution in [0.5, 0.6) is 11.6 Å². The van der Waals surface area contributed by atoms with Crippen LogP contribution in [0.4, 0.5) is 4.39 Å². The standard InChI is InChI=1S/C19H25FN4O2/c1-4-21-19(24-14(2)13-25-3)23-12-15-7-6-10-22-18(15)26-17-9-5-8-16(20)11-17/h5-11,14H,4,12-13H2,1-3H3,(H2,21,23,24). The molecule has 2 aromatic rings. The van der Waals surface area contributed by atoms with Crippen LogP contribution in [0.3, 0.4) is 0 Å². The lowest BCUT2D eigenvalue weighted by atomic mass is 10.2. The van der Waals surface area contributed by atoms with Gasteiger partial charge in [-0.3, -0.25) is 0 Å². The zero-order valence-electron chi connectivity index (χ0n) is 15.3. The van der Waals surface area contributed by atoms with E-state index in [0.717, 1.165) is 12.1 Å². The number of hydrogen-bond acceptors (Lipinski definition) is 4. The lowest BCUT2D eigenvalue weighted by Gasteiger charge is -2.17. The van der Waals surface area contributed by atoms with E-state index in [1.807, 2.05) is 26.0 Å². The minimum Gasteiger partial charge on any atom is -0.439 e. The highest BCUT2D eigenvalue weighted by atomic mass is 19.1. The van der Waals surface area contributed by atoms with Crippen LogP contribution in [0.15, 0.2) is 47.6 Å². The molecule has 140 valence electrons. The van der Waals surface area contributed by atoms with Gasteiger partial charge in [0.25, 0.3) is 0 Å². The molecule has 1 aromatic heterocycles. The summed E-state index contributed by atoms with van der Waals surface area (Å²) in [6, 6.07) is 9.78. The number of nitrogens with one attached hydrogen (secondary N) is 2. The van der Waals surface area contributed by atoms with Crippen LogP contribution in [0, 0.1) is 5.82 Å². The molecule has 1 atom stereocenters. The number of benzene rings is 1. The third-order valence-corrected chi connectivity index (χ3v) is 3.41. The Hall–Kier alpha value is -2.67. The van der Waals surface area contributed by atoms with Crippen LogP contribution in [-0.4, -0.2) is 37.2 Å². The normalized spacial score (nSPS) is 12.5. The molecule has 1 aromatic carbocycles. The minimum absolute atomic E-state index is 0.120. The fourth-order valence-corrected chi connectivity index (χ4v) is 2.29. The zero-order chi connectivity index (χ0) is 18.8. The number of pyridine rings is 1. The number of nitrogens with zero attached hydrogens (tertiary/aromatic N) is 2. The summed E-state index contributed by atoms with van der Waals surface area (Å²) < 4.78 is 24.2. The van der Waals surface area contributed by atoms with Gasteiger partial charge in [-0.2, -0.15) is 0 Å². The molecule has 0 aliphatic rings. The predicted octanol–water partition coefficient (Wildman–Crippen LogP) is 3.10. The Morgan fingerprint density at radius 2 is 2.15 bits per heavy atom. The van der Waals surface area contributed by atoms with Crippen LogP contribution in [0.2, 0.25) is 0 Å². The number of ether oxygens (including phenoxy) is 2. The van der Waals surface area contributed by atoms with E-state index in [1.165, 1.54) is 12.1 Å². The second-order valence-corrected chi connectivity index (χ2v) is 5.72. The molecule has 0 bridgehead atoms. The number of guanidine groups is 1. The topological polar surface area (TPSA) is 67.8 Å². The van der Waals surface area contributed by atoms with Crippen molar-refractivity contribution in [2.24, 2.45) is 4.99 Å². The third kappa shape index (κ3) is 6.33. The first kappa shape index (κ1) is 19.7. The summed E-state index contributed by atoms with van der Waals surface area (Å²) in [7, 11) is 1.66. The summed E-state index contributed by atoms with van der Waals surface area (Å²) >= 11 is 0. The number of halogens is 1. The number of hydrogen-bond donors (Lipinski definition) is 2. The van der Waals surface area contributed by atoms with Gasteiger partial charge < -0.3 is 20.1 Å². The molecule has 26 heavy (non-hydrogen) atoms. The van der Waals surface area contributed by atoms with E-state index >= 15 is 0 Å². The summed E-state index contributed by atoms with van der Waals surface area (Å²) in [5, 5.41) is 6.46. The van der Waals surface area contributed by atoms with Gasteiger partial charge in [0.15, 0.2) is 5.96 Å². The molecule has 6 nitrogen and oxygen atoms in total. The smallest absolute Gasteiger partial charge is 0.224 e. The Labute approximate surface area is 153 Å². The van der Waals surface area contributed by atoms with Crippen molar-refractivity contribution in [3.8, 4) is 11.6 Å². The Kier molecular flexibility index (Phi) is 7.82. The summed E-state index contributed by atoms with van der Waals surface area (Å²) in [6.07, 6.45) is 1.63. The minimum atomic E-state index is -0.358. The lowest BCUT2D eigenvalue weighted by Crippen LogP contribution is -2.43. The van der Waals surface area contributed by atoms with Gasteiger partial charge in [-0.25, -0.2) is 14.4 Å². The molecule has 1 heterocycles. The van der Waals surface area contributed by atoms with E-state index in [0.29, 0.717) is 30.7 Å². The monoisotopic (exact) mass is 360 g/mol. The van der Waals surface area contributed by atoms with Crippen LogP contribution in [0.1, 0.15) is 19.4 Å². The van der Waals surface area contributed by atoms with Gasteiger partial charge in [0.05, 0.1) is 13.2 Å². The van der Waals surface area contributed by atoms with Crippen molar-refractivity contribution >= 4 is 5.96 Å². The molecule has 0 aliphatic carbocycles. The Bertz CT molecular complexity index is 724. The first-order valence-corrected chi connectivity index (χ1v) is 8.53. The second kappa shape index (κ2) is 10.4. The van der Waals surface area contributed by atoms with E-state index < -0.39 is 0 Å². The van der Waals surface area contributed by atoms with Crippen molar-refractivity contribution in [1.29, 1.82) is 0 Å². The maximum absolute atomic E-state index is 13.3. The van der Waals surface area contributed by atoms with E-state index in [9.17, 15) is 4.39 Å². The molecule has 2 N–H and O–H groups in total. The molecule has 0 fully saturated rings. The maximum atomic E-state index is 13.3. The number of aromatic nitrogens is 1. The van der Waals surface area contributed by atoms with Gasteiger partial charge in [0, 0.05) is 37.5 Å². The van der Waals surface area contributed by atoms with Crippen molar-refractivity contribution in [1.82, 2.24) is 15.6 Å². The highest BCUT2D eigenvalue weighted by Gasteiger charge is 2.08. The van der Waals surface area contributed by atoms with E-state index in [1.54, 1.807) is 25.4 Å². The molecule has 0 radical (unpaired) electrons. The van der Waals surface area contributed by atoms with Gasteiger partial charge in [0.1, 0.15) is 11.6 Å². The number of aliphatic imine (C=N–C) groups is 1. The van der Waals surface area contributed by atoms with Gasteiger partial charge in [-0.1, -0.05) is 12.1 Å². The lowest BCUT2D eigenvalue weighted by molar-refractivity contribution is 0.179. The van der Waals surface area contributed by atoms with Crippen molar-refractivity contribution in [2.75, 3.05) is 20.3 Å². The van der Waals surface area contributed by atoms with Crippen molar-refractivity contribution in [3.63, 3.8) is 0 Å². The summed E-state index contributed by atoms with van der Waals surface area (Å²) in [6.45, 7) is 5.70. The third-order valence-electron chi connectivity index (χ3n) is 3.41. The largest absolute Gasteiger partial charge is 0.439 e. The van der Waals surface area contributed by atoms with Gasteiger partial charge in [-0.15, -0.1) is 0 Å². The summed E-state index contributed by atoms with van der Waals surface area (Å²) in [4.78, 5) is 8.81. The molecule has 0 spiro atoms. The van der Waals surface area contributed by atoms with Gasteiger partial charge in [-0.05, 0) is 32.0 Å². The fraction of sp³-hybridized carbons (Fsp3) is 0.368. The first-order valence-electron chi connectivity index (χ1n) is 8.53. The molecule has 2 rings (SSSR count). The number of methoxy groups -OCH3 is 1. The van der Waals surface area contributed by atoms with Crippen molar-refractivity contribution < 1.29 is 13.9 Å². The highest BCUT2D eigenvalue weighted by molar-refractivity contribution is 5.80. The fourth-order valence-electron chi connectivity index (χ4n) is 2.29. The van der Waals surface area contributed by atoms with Crippen LogP contribution in [-0.2, 0) is 11.3 Å². The Morgan fingerprint density at radius 3 is 2.88 bits per heavy atom. The second-order valence-electron chi connectivity index (χ2n) is 5.72. The summed E-state index contributed by atoms with van der Waals surface area (Å²) in [5.41, 5.74) is 0.799. The average molecular weight is 360 g/mol. The van der Waals surface area contributed by atoms with Crippen LogP contribution >= 0.6 is 0 Å². The van der Waals surface area contributed by atoms with E-state index in [-0.39, 0.29) is 11.9 Å². The molecule has 0 aliphatic heterocycles. The van der Waals surface area contributed by atoms with Crippen molar-refractivity contribution in [3.05, 3.63) is 54.0 Å². The first-order chi connectivity index (χ1) is 12.6. The maximum Gasteiger partial charge on any atom is 0.224 e. The Balaban J connectivity index is 2.12. The van der Waals surface area contributed by atoms with E-state index in [2.05, 4.69) is 20.6 Å². The molecule has 7 heteroatoms. The van der Waals surface area contributed by atoms with Crippen LogP contribution in [0.25, 0.3) is 0 Å². The quantitative estimate of drug-likeness (QED) is 0.559. The SMILES string of the molecule is CCNC(=NCc1cccnc1Oc1cccc(F)c1)NC(C)COC. The van der Waals surface area contributed by atoms with Crippen LogP contribution < -0.4 is 15.4 Å².